The summed E-state index contributed by atoms with van der Waals surface area (Å²) in [6.07, 6.45) is 5.94. The number of amides is 1. The average molecular weight is 267 g/mol. The molecule has 0 aliphatic carbocycles. The molecule has 1 heterocycles. The Balaban J connectivity index is 2.73. The lowest BCUT2D eigenvalue weighted by molar-refractivity contribution is 0.0995. The van der Waals surface area contributed by atoms with Gasteiger partial charge in [0.05, 0.1) is 0 Å². The molecular weight excluding hydrogens is 246 g/mol. The summed E-state index contributed by atoms with van der Waals surface area (Å²) in [5.41, 5.74) is 6.39. The lowest BCUT2D eigenvalue weighted by Crippen LogP contribution is -2.32. The van der Waals surface area contributed by atoms with Gasteiger partial charge in [0.15, 0.2) is 0 Å². The maximum atomic E-state index is 11.1. The summed E-state index contributed by atoms with van der Waals surface area (Å²) in [4.78, 5) is 15.0. The van der Waals surface area contributed by atoms with Gasteiger partial charge in [-0.15, -0.1) is 0 Å². The van der Waals surface area contributed by atoms with Crippen LogP contribution < -0.4 is 11.1 Å². The normalized spacial score (nSPS) is 11.3. The zero-order valence-corrected chi connectivity index (χ0v) is 12.0. The standard InChI is InChI=1S/C13H21N3OS/c1-4-13(5-2,18-3)9-16-10-6-7-15-11(8-10)12(14)17/h6-8H,4-5,9H2,1-3H3,(H2,14,17)(H,15,16). The van der Waals surface area contributed by atoms with Gasteiger partial charge < -0.3 is 11.1 Å². The molecule has 0 fully saturated rings. The summed E-state index contributed by atoms with van der Waals surface area (Å²) in [6.45, 7) is 5.26. The molecule has 0 unspecified atom stereocenters. The minimum atomic E-state index is -0.499. The van der Waals surface area contributed by atoms with Gasteiger partial charge in [0, 0.05) is 23.2 Å². The molecule has 0 saturated carbocycles. The Hall–Kier alpha value is -1.23. The minimum absolute atomic E-state index is 0.232. The Bertz CT molecular complexity index is 397. The number of carbonyl (C=O) groups excluding carboxylic acids is 1. The molecule has 0 atom stereocenters. The number of anilines is 1. The number of hydrogen-bond acceptors (Lipinski definition) is 4. The van der Waals surface area contributed by atoms with Crippen LogP contribution in [0.4, 0.5) is 5.69 Å². The number of pyridine rings is 1. The molecule has 4 nitrogen and oxygen atoms in total. The van der Waals surface area contributed by atoms with Crippen molar-refractivity contribution in [3.63, 3.8) is 0 Å². The highest BCUT2D eigenvalue weighted by molar-refractivity contribution is 8.00. The van der Waals surface area contributed by atoms with Gasteiger partial charge in [0.25, 0.3) is 5.91 Å². The lowest BCUT2D eigenvalue weighted by atomic mass is 10.0. The zero-order valence-electron chi connectivity index (χ0n) is 11.2. The highest BCUT2D eigenvalue weighted by Gasteiger charge is 2.24. The smallest absolute Gasteiger partial charge is 0.267 e. The van der Waals surface area contributed by atoms with Gasteiger partial charge in [0.1, 0.15) is 5.69 Å². The van der Waals surface area contributed by atoms with E-state index in [9.17, 15) is 4.79 Å². The van der Waals surface area contributed by atoms with E-state index in [1.54, 1.807) is 12.3 Å². The number of nitrogens with zero attached hydrogens (tertiary/aromatic N) is 1. The molecule has 0 saturated heterocycles. The Morgan fingerprint density at radius 2 is 2.17 bits per heavy atom. The van der Waals surface area contributed by atoms with Crippen LogP contribution in [0.3, 0.4) is 0 Å². The van der Waals surface area contributed by atoms with Crippen LogP contribution in [0.1, 0.15) is 37.2 Å². The van der Waals surface area contributed by atoms with E-state index >= 15 is 0 Å². The van der Waals surface area contributed by atoms with Crippen LogP contribution in [0.15, 0.2) is 18.3 Å². The molecule has 0 aliphatic rings. The van der Waals surface area contributed by atoms with Gasteiger partial charge in [-0.2, -0.15) is 11.8 Å². The second-order valence-corrected chi connectivity index (χ2v) is 5.52. The van der Waals surface area contributed by atoms with E-state index in [1.165, 1.54) is 0 Å². The van der Waals surface area contributed by atoms with E-state index < -0.39 is 5.91 Å². The van der Waals surface area contributed by atoms with Crippen molar-refractivity contribution in [2.45, 2.75) is 31.4 Å². The second kappa shape index (κ2) is 6.64. The van der Waals surface area contributed by atoms with Gasteiger partial charge >= 0.3 is 0 Å². The topological polar surface area (TPSA) is 68.0 Å². The zero-order chi connectivity index (χ0) is 13.6. The fourth-order valence-electron chi connectivity index (χ4n) is 1.80. The highest BCUT2D eigenvalue weighted by Crippen LogP contribution is 2.30. The molecular formula is C13H21N3OS. The third-order valence-electron chi connectivity index (χ3n) is 3.35. The molecule has 3 N–H and O–H groups in total. The van der Waals surface area contributed by atoms with E-state index in [0.717, 1.165) is 25.1 Å². The van der Waals surface area contributed by atoms with Crippen LogP contribution in [0.5, 0.6) is 0 Å². The molecule has 1 aromatic heterocycles. The van der Waals surface area contributed by atoms with Gasteiger partial charge in [-0.25, -0.2) is 0 Å². The average Bonchev–Trinajstić information content (AvgIpc) is 2.41. The largest absolute Gasteiger partial charge is 0.384 e. The summed E-state index contributed by atoms with van der Waals surface area (Å²) in [6, 6.07) is 3.54. The predicted molar refractivity (Wildman–Crippen MR) is 78.1 cm³/mol. The van der Waals surface area contributed by atoms with Crippen LogP contribution in [0.25, 0.3) is 0 Å². The Morgan fingerprint density at radius 1 is 1.50 bits per heavy atom. The van der Waals surface area contributed by atoms with Crippen molar-refractivity contribution in [2.75, 3.05) is 18.1 Å². The number of hydrogen-bond donors (Lipinski definition) is 2. The van der Waals surface area contributed by atoms with Crippen molar-refractivity contribution in [3.05, 3.63) is 24.0 Å². The first-order valence-electron chi connectivity index (χ1n) is 6.11. The third-order valence-corrected chi connectivity index (χ3v) is 4.94. The van der Waals surface area contributed by atoms with E-state index in [0.29, 0.717) is 5.69 Å². The van der Waals surface area contributed by atoms with Crippen molar-refractivity contribution < 1.29 is 4.79 Å². The SMILES string of the molecule is CCC(CC)(CNc1ccnc(C(N)=O)c1)SC. The van der Waals surface area contributed by atoms with Gasteiger partial charge in [-0.3, -0.25) is 9.78 Å². The molecule has 0 bridgehead atoms. The minimum Gasteiger partial charge on any atom is -0.384 e. The van der Waals surface area contributed by atoms with E-state index in [4.69, 9.17) is 5.73 Å². The third kappa shape index (κ3) is 3.63. The molecule has 100 valence electrons. The van der Waals surface area contributed by atoms with Crippen molar-refractivity contribution in [2.24, 2.45) is 5.73 Å². The highest BCUT2D eigenvalue weighted by atomic mass is 32.2. The summed E-state index contributed by atoms with van der Waals surface area (Å²) in [7, 11) is 0. The first-order valence-corrected chi connectivity index (χ1v) is 7.34. The number of carbonyl (C=O) groups is 1. The van der Waals surface area contributed by atoms with Crippen molar-refractivity contribution in [1.29, 1.82) is 0 Å². The molecule has 18 heavy (non-hydrogen) atoms. The summed E-state index contributed by atoms with van der Waals surface area (Å²) in [5.74, 6) is -0.499. The molecule has 5 heteroatoms. The van der Waals surface area contributed by atoms with E-state index in [1.807, 2.05) is 17.8 Å². The van der Waals surface area contributed by atoms with Crippen LogP contribution in [-0.4, -0.2) is 28.4 Å². The Labute approximate surface area is 113 Å². The predicted octanol–water partition coefficient (Wildman–Crippen LogP) is 2.51. The molecule has 0 aromatic carbocycles. The summed E-state index contributed by atoms with van der Waals surface area (Å²) < 4.78 is 0.232. The Kier molecular flexibility index (Phi) is 5.47. The summed E-state index contributed by atoms with van der Waals surface area (Å²) >= 11 is 1.88. The number of rotatable bonds is 7. The van der Waals surface area contributed by atoms with Crippen molar-refractivity contribution in [1.82, 2.24) is 4.98 Å². The van der Waals surface area contributed by atoms with E-state index in [-0.39, 0.29) is 4.75 Å². The molecule has 0 radical (unpaired) electrons. The molecule has 0 aliphatic heterocycles. The number of primary amides is 1. The fraction of sp³-hybridized carbons (Fsp3) is 0.538. The Morgan fingerprint density at radius 3 is 2.67 bits per heavy atom. The molecule has 0 spiro atoms. The summed E-state index contributed by atoms with van der Waals surface area (Å²) in [5, 5.41) is 3.36. The van der Waals surface area contributed by atoms with Crippen molar-refractivity contribution >= 4 is 23.4 Å². The van der Waals surface area contributed by atoms with Crippen LogP contribution in [0, 0.1) is 0 Å². The monoisotopic (exact) mass is 267 g/mol. The van der Waals surface area contributed by atoms with Crippen molar-refractivity contribution in [3.8, 4) is 0 Å². The first kappa shape index (κ1) is 14.8. The van der Waals surface area contributed by atoms with Gasteiger partial charge in [-0.1, -0.05) is 13.8 Å². The molecule has 1 aromatic rings. The maximum absolute atomic E-state index is 11.1. The van der Waals surface area contributed by atoms with Crippen LogP contribution >= 0.6 is 11.8 Å². The molecule has 1 rings (SSSR count). The quantitative estimate of drug-likeness (QED) is 0.796. The first-order chi connectivity index (χ1) is 8.56. The van der Waals surface area contributed by atoms with Crippen LogP contribution in [-0.2, 0) is 0 Å². The fourth-order valence-corrected chi connectivity index (χ4v) is 2.59. The maximum Gasteiger partial charge on any atom is 0.267 e. The lowest BCUT2D eigenvalue weighted by Gasteiger charge is -2.30. The second-order valence-electron chi connectivity index (χ2n) is 4.24. The molecule has 1 amide bonds. The number of nitrogens with two attached hydrogens (primary N) is 1. The van der Waals surface area contributed by atoms with Crippen LogP contribution in [0.2, 0.25) is 0 Å². The van der Waals surface area contributed by atoms with Gasteiger partial charge in [0.2, 0.25) is 0 Å². The van der Waals surface area contributed by atoms with E-state index in [2.05, 4.69) is 30.4 Å². The van der Waals surface area contributed by atoms with Gasteiger partial charge in [-0.05, 0) is 31.2 Å². The number of thioether (sulfide) groups is 1. The number of aromatic nitrogens is 1. The number of nitrogens with one attached hydrogen (secondary N) is 1.